The predicted octanol–water partition coefficient (Wildman–Crippen LogP) is 5.53. The zero-order valence-corrected chi connectivity index (χ0v) is 18.3. The van der Waals surface area contributed by atoms with Crippen molar-refractivity contribution in [2.45, 2.75) is 31.2 Å². The smallest absolute Gasteiger partial charge is 0.412 e. The molecule has 1 aliphatic heterocycles. The number of halogens is 6. The lowest BCUT2D eigenvalue weighted by molar-refractivity contribution is -0.164. The summed E-state index contributed by atoms with van der Waals surface area (Å²) >= 11 is 5.69. The number of carboxylic acid groups (broad SMARTS) is 1. The first kappa shape index (κ1) is 24.4. The van der Waals surface area contributed by atoms with Crippen LogP contribution in [0.5, 0.6) is 0 Å². The number of nitrogens with one attached hydrogen (secondary N) is 1. The van der Waals surface area contributed by atoms with E-state index >= 15 is 0 Å². The number of pyridine rings is 1. The van der Waals surface area contributed by atoms with Crippen LogP contribution in [0.2, 0.25) is 5.02 Å². The topological polar surface area (TPSA) is 110 Å². The van der Waals surface area contributed by atoms with E-state index in [-0.39, 0.29) is 33.3 Å². The molecule has 184 valence electrons. The third-order valence-corrected chi connectivity index (χ3v) is 5.36. The average molecular weight is 517 g/mol. The Morgan fingerprint density at radius 3 is 2.63 bits per heavy atom. The van der Waals surface area contributed by atoms with Crippen molar-refractivity contribution in [2.24, 2.45) is 4.99 Å². The lowest BCUT2D eigenvalue weighted by Crippen LogP contribution is -2.48. The Hall–Kier alpha value is -3.74. The highest BCUT2D eigenvalue weighted by molar-refractivity contribution is 6.30. The van der Waals surface area contributed by atoms with Gasteiger partial charge in [0.05, 0.1) is 5.02 Å². The molecular formula is C21H14ClF5N4O4. The summed E-state index contributed by atoms with van der Waals surface area (Å²) in [5.74, 6) is -1.66. The highest BCUT2D eigenvalue weighted by Crippen LogP contribution is 2.42. The molecule has 4 rings (SSSR count). The van der Waals surface area contributed by atoms with Crippen LogP contribution < -0.4 is 5.32 Å². The van der Waals surface area contributed by atoms with Crippen molar-refractivity contribution >= 4 is 23.7 Å². The number of carbonyl (C=O) groups is 1. The van der Waals surface area contributed by atoms with Gasteiger partial charge in [-0.05, 0) is 31.2 Å². The third-order valence-electron chi connectivity index (χ3n) is 5.15. The molecule has 1 aliphatic rings. The van der Waals surface area contributed by atoms with Crippen LogP contribution in [0.1, 0.15) is 18.9 Å². The summed E-state index contributed by atoms with van der Waals surface area (Å²) in [6, 6.07) is 2.46. The summed E-state index contributed by atoms with van der Waals surface area (Å²) in [6.07, 6.45) is -6.18. The van der Waals surface area contributed by atoms with E-state index in [2.05, 4.69) is 15.1 Å². The Balaban J connectivity index is 1.72. The molecule has 8 nitrogen and oxygen atoms in total. The molecule has 2 atom stereocenters. The molecule has 2 aromatic heterocycles. The van der Waals surface area contributed by atoms with Crippen molar-refractivity contribution in [2.75, 3.05) is 0 Å². The van der Waals surface area contributed by atoms with Gasteiger partial charge in [-0.15, -0.1) is 0 Å². The second kappa shape index (κ2) is 8.80. The summed E-state index contributed by atoms with van der Waals surface area (Å²) in [4.78, 5) is 18.1. The minimum Gasteiger partial charge on any atom is -0.465 e. The van der Waals surface area contributed by atoms with Crippen molar-refractivity contribution in [1.82, 2.24) is 15.5 Å². The van der Waals surface area contributed by atoms with E-state index in [0.29, 0.717) is 0 Å². The van der Waals surface area contributed by atoms with Gasteiger partial charge in [0.2, 0.25) is 0 Å². The normalized spacial score (nSPS) is 20.2. The summed E-state index contributed by atoms with van der Waals surface area (Å²) in [5.41, 5.74) is -2.27. The molecule has 0 aliphatic carbocycles. The van der Waals surface area contributed by atoms with Gasteiger partial charge in [-0.25, -0.2) is 28.9 Å². The second-order valence-corrected chi connectivity index (χ2v) is 8.15. The lowest BCUT2D eigenvalue weighted by atomic mass is 9.86. The fourth-order valence-corrected chi connectivity index (χ4v) is 3.69. The first-order valence-corrected chi connectivity index (χ1v) is 10.2. The molecule has 2 N–H and O–H groups in total. The maximum absolute atomic E-state index is 14.8. The van der Waals surface area contributed by atoms with E-state index in [4.69, 9.17) is 26.0 Å². The summed E-state index contributed by atoms with van der Waals surface area (Å²) in [7, 11) is 0. The Morgan fingerprint density at radius 2 is 1.97 bits per heavy atom. The van der Waals surface area contributed by atoms with Crippen LogP contribution in [-0.4, -0.2) is 39.6 Å². The van der Waals surface area contributed by atoms with E-state index in [9.17, 15) is 26.7 Å². The van der Waals surface area contributed by atoms with Gasteiger partial charge in [-0.3, -0.25) is 0 Å². The second-order valence-electron chi connectivity index (χ2n) is 7.71. The standard InChI is InChI=1S/C21H14ClF5N4O4/c1-20(7-16(21(25,26)27)29-18(34-20)30-19(32)33)11-4-9(2-3-12(11)23)15-6-14(31-35-15)17-13(24)5-10(22)8-28-17/h2-6,8,16H,7H2,1H3,(H,29,30)(H,32,33)/t16-,20-/m0/s1. The highest BCUT2D eigenvalue weighted by atomic mass is 35.5. The summed E-state index contributed by atoms with van der Waals surface area (Å²) in [6.45, 7) is 1.17. The molecule has 3 heterocycles. The number of hydrogen-bond acceptors (Lipinski definition) is 6. The van der Waals surface area contributed by atoms with Crippen molar-refractivity contribution in [3.8, 4) is 22.7 Å². The number of amidine groups is 1. The van der Waals surface area contributed by atoms with Crippen LogP contribution in [0, 0.1) is 11.6 Å². The van der Waals surface area contributed by atoms with Crippen molar-refractivity contribution < 1.29 is 41.1 Å². The molecule has 0 spiro atoms. The van der Waals surface area contributed by atoms with Crippen molar-refractivity contribution in [3.05, 3.63) is 58.7 Å². The quantitative estimate of drug-likeness (QED) is 0.443. The Bertz CT molecular complexity index is 1330. The lowest BCUT2D eigenvalue weighted by Gasteiger charge is -2.38. The first-order chi connectivity index (χ1) is 16.4. The monoisotopic (exact) mass is 516 g/mol. The maximum Gasteiger partial charge on any atom is 0.412 e. The van der Waals surface area contributed by atoms with Gasteiger partial charge in [-0.1, -0.05) is 16.8 Å². The van der Waals surface area contributed by atoms with Crippen molar-refractivity contribution in [3.63, 3.8) is 0 Å². The van der Waals surface area contributed by atoms with E-state index < -0.39 is 48.0 Å². The predicted molar refractivity (Wildman–Crippen MR) is 112 cm³/mol. The number of benzene rings is 1. The Labute approximate surface area is 198 Å². The van der Waals surface area contributed by atoms with E-state index in [1.807, 2.05) is 0 Å². The Kier molecular flexibility index (Phi) is 6.13. The van der Waals surface area contributed by atoms with Crippen LogP contribution in [-0.2, 0) is 10.3 Å². The highest BCUT2D eigenvalue weighted by Gasteiger charge is 2.50. The van der Waals surface area contributed by atoms with Gasteiger partial charge in [0, 0.05) is 29.8 Å². The fourth-order valence-electron chi connectivity index (χ4n) is 3.55. The van der Waals surface area contributed by atoms with Crippen LogP contribution >= 0.6 is 11.6 Å². The largest absolute Gasteiger partial charge is 0.465 e. The molecule has 0 saturated heterocycles. The number of amides is 1. The number of nitrogens with zero attached hydrogens (tertiary/aromatic N) is 3. The minimum atomic E-state index is -4.85. The van der Waals surface area contributed by atoms with Crippen molar-refractivity contribution in [1.29, 1.82) is 0 Å². The molecule has 0 radical (unpaired) electrons. The SMILES string of the molecule is C[C@@]1(c2cc(-c3cc(-c4ncc(Cl)cc4F)no3)ccc2F)C[C@@H](C(F)(F)F)N=C(NC(=O)O)O1. The molecule has 0 unspecified atom stereocenters. The molecule has 0 fully saturated rings. The number of rotatable bonds is 3. The average Bonchev–Trinajstić information content (AvgIpc) is 3.22. The van der Waals surface area contributed by atoms with Gasteiger partial charge in [-0.2, -0.15) is 13.2 Å². The molecule has 14 heteroatoms. The summed E-state index contributed by atoms with van der Waals surface area (Å²) in [5, 5.41) is 14.3. The Morgan fingerprint density at radius 1 is 1.23 bits per heavy atom. The molecule has 0 bridgehead atoms. The van der Waals surface area contributed by atoms with E-state index in [0.717, 1.165) is 12.1 Å². The van der Waals surface area contributed by atoms with Crippen LogP contribution in [0.25, 0.3) is 22.7 Å². The first-order valence-electron chi connectivity index (χ1n) is 9.78. The zero-order valence-electron chi connectivity index (χ0n) is 17.5. The third kappa shape index (κ3) is 5.04. The van der Waals surface area contributed by atoms with Gasteiger partial charge < -0.3 is 14.4 Å². The van der Waals surface area contributed by atoms with Crippen LogP contribution in [0.3, 0.4) is 0 Å². The minimum absolute atomic E-state index is 0.00242. The fraction of sp³-hybridized carbons (Fsp3) is 0.238. The summed E-state index contributed by atoms with van der Waals surface area (Å²) < 4.78 is 80.0. The van der Waals surface area contributed by atoms with Gasteiger partial charge in [0.25, 0.3) is 6.02 Å². The molecule has 1 aromatic carbocycles. The van der Waals surface area contributed by atoms with Crippen LogP contribution in [0.15, 0.2) is 46.0 Å². The number of alkyl halides is 3. The molecule has 35 heavy (non-hydrogen) atoms. The van der Waals surface area contributed by atoms with Gasteiger partial charge in [0.15, 0.2) is 17.6 Å². The number of aliphatic imine (C=N–C) groups is 1. The zero-order chi connectivity index (χ0) is 25.5. The van der Waals surface area contributed by atoms with Gasteiger partial charge in [0.1, 0.15) is 22.8 Å². The van der Waals surface area contributed by atoms with E-state index in [1.165, 1.54) is 31.3 Å². The number of aromatic nitrogens is 2. The van der Waals surface area contributed by atoms with E-state index in [1.54, 1.807) is 5.32 Å². The van der Waals surface area contributed by atoms with Crippen LogP contribution in [0.4, 0.5) is 26.7 Å². The molecule has 0 saturated carbocycles. The van der Waals surface area contributed by atoms with Gasteiger partial charge >= 0.3 is 12.3 Å². The molecule has 1 amide bonds. The number of hydrogen-bond donors (Lipinski definition) is 2. The molecule has 3 aromatic rings. The maximum atomic E-state index is 14.8. The number of ether oxygens (including phenoxy) is 1. The molecular weight excluding hydrogens is 503 g/mol.